The van der Waals surface area contributed by atoms with Crippen molar-refractivity contribution >= 4 is 5.91 Å². The molecule has 0 aliphatic carbocycles. The number of carbonyl (C=O) groups is 1. The Hall–Kier alpha value is -2.50. The van der Waals surface area contributed by atoms with Crippen molar-refractivity contribution in [3.8, 4) is 11.5 Å². The van der Waals surface area contributed by atoms with E-state index < -0.39 is 0 Å². The molecule has 0 fully saturated rings. The van der Waals surface area contributed by atoms with E-state index in [1.165, 1.54) is 0 Å². The Morgan fingerprint density at radius 1 is 1.17 bits per heavy atom. The number of aryl methyl sites for hydroxylation is 1. The van der Waals surface area contributed by atoms with Crippen molar-refractivity contribution in [1.82, 2.24) is 15.5 Å². The highest BCUT2D eigenvalue weighted by Crippen LogP contribution is 2.28. The normalized spacial score (nSPS) is 10.4. The average molecular weight is 317 g/mol. The van der Waals surface area contributed by atoms with Crippen LogP contribution in [0.2, 0.25) is 0 Å². The fourth-order valence-corrected chi connectivity index (χ4v) is 2.20. The number of rotatable bonds is 8. The van der Waals surface area contributed by atoms with Crippen LogP contribution in [0.4, 0.5) is 0 Å². The molecule has 2 N–H and O–H groups in total. The first-order valence-corrected chi connectivity index (χ1v) is 7.82. The summed E-state index contributed by atoms with van der Waals surface area (Å²) in [6.07, 6.45) is 0.710. The van der Waals surface area contributed by atoms with Gasteiger partial charge in [-0.05, 0) is 51.0 Å². The van der Waals surface area contributed by atoms with Crippen LogP contribution < -0.4 is 14.8 Å². The predicted octanol–water partition coefficient (Wildman–Crippen LogP) is 2.49. The van der Waals surface area contributed by atoms with E-state index in [0.29, 0.717) is 31.9 Å². The monoisotopic (exact) mass is 317 g/mol. The van der Waals surface area contributed by atoms with Gasteiger partial charge >= 0.3 is 0 Å². The average Bonchev–Trinajstić information content (AvgIpc) is 2.97. The maximum absolute atomic E-state index is 11.9. The zero-order chi connectivity index (χ0) is 16.7. The highest BCUT2D eigenvalue weighted by atomic mass is 16.5. The van der Waals surface area contributed by atoms with E-state index in [9.17, 15) is 4.79 Å². The molecule has 1 aromatic carbocycles. The van der Waals surface area contributed by atoms with Gasteiger partial charge in [-0.15, -0.1) is 0 Å². The molecule has 0 bridgehead atoms. The van der Waals surface area contributed by atoms with Gasteiger partial charge in [0.15, 0.2) is 11.5 Å². The van der Waals surface area contributed by atoms with Crippen molar-refractivity contribution in [2.24, 2.45) is 0 Å². The van der Waals surface area contributed by atoms with E-state index in [-0.39, 0.29) is 5.91 Å². The predicted molar refractivity (Wildman–Crippen MR) is 88.1 cm³/mol. The molecular weight excluding hydrogens is 294 g/mol. The highest BCUT2D eigenvalue weighted by Gasteiger charge is 2.09. The van der Waals surface area contributed by atoms with E-state index in [0.717, 1.165) is 22.8 Å². The molecular formula is C17H23N3O3. The number of aromatic nitrogens is 2. The minimum Gasteiger partial charge on any atom is -0.490 e. The second-order valence-electron chi connectivity index (χ2n) is 5.09. The molecule has 2 rings (SSSR count). The van der Waals surface area contributed by atoms with Crippen LogP contribution in [0.1, 0.15) is 35.6 Å². The molecule has 0 saturated heterocycles. The summed E-state index contributed by atoms with van der Waals surface area (Å²) in [5.41, 5.74) is 2.35. The Balaban J connectivity index is 1.92. The summed E-state index contributed by atoms with van der Waals surface area (Å²) >= 11 is 0. The van der Waals surface area contributed by atoms with Crippen LogP contribution in [0.5, 0.6) is 11.5 Å². The summed E-state index contributed by atoms with van der Waals surface area (Å²) in [4.78, 5) is 11.9. The molecule has 6 heteroatoms. The van der Waals surface area contributed by atoms with E-state index >= 15 is 0 Å². The second-order valence-corrected chi connectivity index (χ2v) is 5.09. The zero-order valence-corrected chi connectivity index (χ0v) is 13.8. The topological polar surface area (TPSA) is 76.2 Å². The number of hydrogen-bond donors (Lipinski definition) is 2. The Morgan fingerprint density at radius 3 is 2.57 bits per heavy atom. The van der Waals surface area contributed by atoms with E-state index in [2.05, 4.69) is 15.5 Å². The lowest BCUT2D eigenvalue weighted by molar-refractivity contribution is 0.0949. The van der Waals surface area contributed by atoms with Gasteiger partial charge in [0.25, 0.3) is 5.91 Å². The molecule has 2 aromatic rings. The fraction of sp³-hybridized carbons (Fsp3) is 0.412. The van der Waals surface area contributed by atoms with Crippen molar-refractivity contribution in [2.45, 2.75) is 27.2 Å². The zero-order valence-electron chi connectivity index (χ0n) is 13.8. The van der Waals surface area contributed by atoms with Gasteiger partial charge in [0.2, 0.25) is 0 Å². The van der Waals surface area contributed by atoms with Crippen LogP contribution in [-0.4, -0.2) is 35.9 Å². The standard InChI is InChI=1S/C17H23N3O3/c1-4-22-15-7-6-13(11-16(15)23-5-2)8-9-18-17(21)14-10-12(3)19-20-14/h6-7,10-11H,4-5,8-9H2,1-3H3,(H,18,21)(H,19,20). The molecule has 0 radical (unpaired) electrons. The highest BCUT2D eigenvalue weighted by molar-refractivity contribution is 5.92. The Labute approximate surface area is 136 Å². The van der Waals surface area contributed by atoms with E-state index in [1.54, 1.807) is 6.07 Å². The van der Waals surface area contributed by atoms with Gasteiger partial charge in [0.1, 0.15) is 5.69 Å². The van der Waals surface area contributed by atoms with Crippen LogP contribution in [0.25, 0.3) is 0 Å². The van der Waals surface area contributed by atoms with Crippen LogP contribution in [0.3, 0.4) is 0 Å². The molecule has 0 saturated carbocycles. The lowest BCUT2D eigenvalue weighted by Gasteiger charge is -2.12. The first-order valence-electron chi connectivity index (χ1n) is 7.82. The van der Waals surface area contributed by atoms with Crippen molar-refractivity contribution in [3.63, 3.8) is 0 Å². The summed E-state index contributed by atoms with van der Waals surface area (Å²) in [6, 6.07) is 7.57. The number of hydrogen-bond acceptors (Lipinski definition) is 4. The van der Waals surface area contributed by atoms with Gasteiger partial charge in [0.05, 0.1) is 13.2 Å². The lowest BCUT2D eigenvalue weighted by atomic mass is 10.1. The smallest absolute Gasteiger partial charge is 0.271 e. The molecule has 6 nitrogen and oxygen atoms in total. The maximum atomic E-state index is 11.9. The quantitative estimate of drug-likeness (QED) is 0.784. The van der Waals surface area contributed by atoms with E-state index in [4.69, 9.17) is 9.47 Å². The lowest BCUT2D eigenvalue weighted by Crippen LogP contribution is -2.26. The molecule has 1 heterocycles. The summed E-state index contributed by atoms with van der Waals surface area (Å²) in [5, 5.41) is 9.55. The number of benzene rings is 1. The molecule has 1 aromatic heterocycles. The number of ether oxygens (including phenoxy) is 2. The van der Waals surface area contributed by atoms with Crippen molar-refractivity contribution in [3.05, 3.63) is 41.2 Å². The Kier molecular flexibility index (Phi) is 6.02. The Bertz CT molecular complexity index is 652. The third-order valence-electron chi connectivity index (χ3n) is 3.25. The minimum atomic E-state index is -0.176. The molecule has 0 unspecified atom stereocenters. The first kappa shape index (κ1) is 16.9. The summed E-state index contributed by atoms with van der Waals surface area (Å²) in [5.74, 6) is 1.31. The van der Waals surface area contributed by atoms with Crippen molar-refractivity contribution in [1.29, 1.82) is 0 Å². The molecule has 0 aliphatic rings. The van der Waals surface area contributed by atoms with Gasteiger partial charge in [0, 0.05) is 12.2 Å². The van der Waals surface area contributed by atoms with Gasteiger partial charge in [-0.1, -0.05) is 6.07 Å². The SMILES string of the molecule is CCOc1ccc(CCNC(=O)c2cc(C)[nH]n2)cc1OCC. The molecule has 23 heavy (non-hydrogen) atoms. The fourth-order valence-electron chi connectivity index (χ4n) is 2.20. The number of carbonyl (C=O) groups excluding carboxylic acids is 1. The third-order valence-corrected chi connectivity index (χ3v) is 3.25. The van der Waals surface area contributed by atoms with Crippen LogP contribution in [-0.2, 0) is 6.42 Å². The molecule has 0 atom stereocenters. The minimum absolute atomic E-state index is 0.176. The summed E-state index contributed by atoms with van der Waals surface area (Å²) in [6.45, 7) is 7.45. The van der Waals surface area contributed by atoms with Gasteiger partial charge < -0.3 is 14.8 Å². The summed E-state index contributed by atoms with van der Waals surface area (Å²) in [7, 11) is 0. The second kappa shape index (κ2) is 8.22. The first-order chi connectivity index (χ1) is 11.1. The van der Waals surface area contributed by atoms with E-state index in [1.807, 2.05) is 39.0 Å². The number of aromatic amines is 1. The number of nitrogens with one attached hydrogen (secondary N) is 2. The molecule has 124 valence electrons. The van der Waals surface area contributed by atoms with Crippen molar-refractivity contribution in [2.75, 3.05) is 19.8 Å². The van der Waals surface area contributed by atoms with Gasteiger partial charge in [-0.3, -0.25) is 9.89 Å². The maximum Gasteiger partial charge on any atom is 0.271 e. The molecule has 0 aliphatic heterocycles. The number of amides is 1. The van der Waals surface area contributed by atoms with Gasteiger partial charge in [-0.2, -0.15) is 5.10 Å². The van der Waals surface area contributed by atoms with Crippen LogP contribution in [0, 0.1) is 6.92 Å². The molecule has 1 amide bonds. The third kappa shape index (κ3) is 4.74. The summed E-state index contributed by atoms with van der Waals surface area (Å²) < 4.78 is 11.1. The molecule has 0 spiro atoms. The van der Waals surface area contributed by atoms with Crippen LogP contribution >= 0.6 is 0 Å². The van der Waals surface area contributed by atoms with Crippen LogP contribution in [0.15, 0.2) is 24.3 Å². The largest absolute Gasteiger partial charge is 0.490 e. The van der Waals surface area contributed by atoms with Crippen molar-refractivity contribution < 1.29 is 14.3 Å². The number of H-pyrrole nitrogens is 1. The Morgan fingerprint density at radius 2 is 1.91 bits per heavy atom. The number of nitrogens with zero attached hydrogens (tertiary/aromatic N) is 1. The van der Waals surface area contributed by atoms with Gasteiger partial charge in [-0.25, -0.2) is 0 Å².